The molecular weight excluding hydrogens is 1510 g/mol. The third-order valence-corrected chi connectivity index (χ3v) is 23.3. The predicted octanol–water partition coefficient (Wildman–Crippen LogP) is 22.1. The highest BCUT2D eigenvalue weighted by Crippen LogP contribution is 2.70. The van der Waals surface area contributed by atoms with E-state index in [4.69, 9.17) is 101 Å². The van der Waals surface area contributed by atoms with Gasteiger partial charge in [-0.25, -0.2) is 0 Å². The third-order valence-electron chi connectivity index (χ3n) is 14.4. The van der Waals surface area contributed by atoms with Gasteiger partial charge in [-0.05, 0) is 185 Å². The van der Waals surface area contributed by atoms with Gasteiger partial charge in [-0.1, -0.05) is 74.1 Å². The summed E-state index contributed by atoms with van der Waals surface area (Å²) < 4.78 is 141. The van der Waals surface area contributed by atoms with E-state index < -0.39 is 55.0 Å². The highest BCUT2D eigenvalue weighted by Gasteiger charge is 2.50. The molecule has 0 saturated heterocycles. The van der Waals surface area contributed by atoms with E-state index in [1.54, 1.807) is 24.3 Å². The predicted molar refractivity (Wildman–Crippen MR) is 330 cm³/mol. The average molecular weight is 1550 g/mol. The standard InChI is InChI=1S/C56H36Br4Cl4O16P4/c1-25-37-21-39-26(2)41-23-43-28(4)44-24-42-27(3)40-22-38(25)50-46(58)52(40)76-83(67,71-35-17-9-31(63)10-18-35)78-54(42)48(60)56(44)80-84(68,72-36-19-11-32(64)12-20-36)79-55(43)47(59)53(41)77-82(66,70-34-15-7-30(62)8-16-34)75-51(39)45(57)49(37)73-81(65,74-50)69-33-13-5-29(61)6-14-33/h5-28H,1-4H3. The van der Waals surface area contributed by atoms with Gasteiger partial charge in [0.2, 0.25) is 0 Å². The lowest BCUT2D eigenvalue weighted by Gasteiger charge is -2.36. The molecule has 0 aromatic heterocycles. The Hall–Kier alpha value is -4.64. The molecule has 432 valence electrons. The summed E-state index contributed by atoms with van der Waals surface area (Å²) in [7, 11) is -20.2. The van der Waals surface area contributed by atoms with Crippen LogP contribution in [-0.4, -0.2) is 0 Å². The molecular formula is C56H36Br4Cl4O16P4. The highest BCUT2D eigenvalue weighted by atomic mass is 79.9. The summed E-state index contributed by atoms with van der Waals surface area (Å²) in [6.07, 6.45) is 0. The van der Waals surface area contributed by atoms with Gasteiger partial charge in [0.15, 0.2) is 46.0 Å². The van der Waals surface area contributed by atoms with Crippen LogP contribution in [0.15, 0.2) is 139 Å². The molecule has 0 N–H and O–H groups in total. The van der Waals surface area contributed by atoms with Crippen LogP contribution in [0.4, 0.5) is 0 Å². The van der Waals surface area contributed by atoms with Crippen LogP contribution < -0.4 is 54.3 Å². The number of hydrogen-bond acceptors (Lipinski definition) is 16. The van der Waals surface area contributed by atoms with Crippen LogP contribution in [0, 0.1) is 0 Å². The Morgan fingerprint density at radius 1 is 0.298 bits per heavy atom. The Balaban J connectivity index is 1.15. The van der Waals surface area contributed by atoms with Crippen molar-refractivity contribution in [2.45, 2.75) is 51.4 Å². The number of halogens is 8. The lowest BCUT2D eigenvalue weighted by atomic mass is 9.80. The number of hydrogen-bond donors (Lipinski definition) is 0. The van der Waals surface area contributed by atoms with Crippen molar-refractivity contribution >= 4 is 141 Å². The molecule has 1 aliphatic carbocycles. The molecule has 0 atom stereocenters. The van der Waals surface area contributed by atoms with Gasteiger partial charge in [0.05, 0.1) is 0 Å². The molecule has 84 heavy (non-hydrogen) atoms. The van der Waals surface area contributed by atoms with Crippen LogP contribution in [0.3, 0.4) is 0 Å². The molecule has 4 heterocycles. The number of rotatable bonds is 8. The van der Waals surface area contributed by atoms with Crippen molar-refractivity contribution in [1.29, 1.82) is 0 Å². The average Bonchev–Trinajstić information content (AvgIpc) is 1.80. The molecule has 8 aromatic rings. The monoisotopic (exact) mass is 1540 g/mol. The molecule has 0 spiro atoms. The van der Waals surface area contributed by atoms with E-state index in [2.05, 4.69) is 63.7 Å². The maximum Gasteiger partial charge on any atom is 0.647 e. The first-order valence-electron chi connectivity index (χ1n) is 25.1. The van der Waals surface area contributed by atoms with Crippen molar-refractivity contribution < 1.29 is 72.5 Å². The van der Waals surface area contributed by atoms with E-state index in [1.807, 2.05) is 27.7 Å². The van der Waals surface area contributed by atoms with Crippen molar-refractivity contribution in [3.8, 4) is 69.0 Å². The molecule has 0 saturated carbocycles. The lowest BCUT2D eigenvalue weighted by molar-refractivity contribution is 0.283. The summed E-state index contributed by atoms with van der Waals surface area (Å²) in [5, 5.41) is 1.42. The summed E-state index contributed by atoms with van der Waals surface area (Å²) in [5.41, 5.74) is 3.15. The minimum Gasteiger partial charge on any atom is -0.386 e. The zero-order chi connectivity index (χ0) is 59.1. The third kappa shape index (κ3) is 10.5. The smallest absolute Gasteiger partial charge is 0.386 e. The Morgan fingerprint density at radius 3 is 0.583 bits per heavy atom. The van der Waals surface area contributed by atoms with Crippen LogP contribution in [0.1, 0.15) is 95.9 Å². The van der Waals surface area contributed by atoms with Crippen LogP contribution in [0.5, 0.6) is 69.0 Å². The first-order valence-corrected chi connectivity index (χ1v) is 35.6. The van der Waals surface area contributed by atoms with Crippen LogP contribution in [-0.2, 0) is 18.3 Å². The Morgan fingerprint density at radius 2 is 0.440 bits per heavy atom. The highest BCUT2D eigenvalue weighted by molar-refractivity contribution is 9.11. The molecule has 0 fully saturated rings. The molecule has 28 heteroatoms. The van der Waals surface area contributed by atoms with Gasteiger partial charge in [-0.2, -0.15) is 18.3 Å². The second-order valence-electron chi connectivity index (χ2n) is 19.7. The fourth-order valence-corrected chi connectivity index (χ4v) is 19.5. The minimum absolute atomic E-state index is 0.00166. The van der Waals surface area contributed by atoms with Gasteiger partial charge in [-0.3, -0.25) is 0 Å². The largest absolute Gasteiger partial charge is 0.647 e. The van der Waals surface area contributed by atoms with Crippen molar-refractivity contribution in [2.24, 2.45) is 0 Å². The van der Waals surface area contributed by atoms with Gasteiger partial charge in [0.1, 0.15) is 40.9 Å². The second kappa shape index (κ2) is 21.6. The van der Waals surface area contributed by atoms with Crippen molar-refractivity contribution in [3.05, 3.63) is 204 Å². The topological polar surface area (TPSA) is 179 Å². The molecule has 0 amide bonds. The molecule has 13 rings (SSSR count). The molecule has 8 aromatic carbocycles. The number of benzene rings is 8. The van der Waals surface area contributed by atoms with E-state index in [0.717, 1.165) is 0 Å². The maximum atomic E-state index is 15.9. The fraction of sp³-hybridized carbons (Fsp3) is 0.143. The van der Waals surface area contributed by atoms with Crippen molar-refractivity contribution in [2.75, 3.05) is 0 Å². The Bertz CT molecular complexity index is 3630. The van der Waals surface area contributed by atoms with E-state index >= 15 is 18.3 Å². The molecule has 0 unspecified atom stereocenters. The Kier molecular flexibility index (Phi) is 15.0. The SMILES string of the molecule is CC1c2cc3c4c(Br)c2OP(=O)(Oc2ccc(Cl)cc2)Oc2c1cc1c(c2Br)OP(=O)(Oc2ccc(Cl)cc2)Oc2c(cc5c(c2Br)OP(=O)(Oc2ccc(Cl)cc2)Oc2c(cc(c(c2Br)OP(=O)(Oc2ccc(Cl)cc2)O4)C3C)C5C)C1C. The number of phosphoric acid groups is 4. The quantitative estimate of drug-likeness (QED) is 0.131. The fourth-order valence-electron chi connectivity index (χ4n) is 10.2. The van der Waals surface area contributed by atoms with Crippen molar-refractivity contribution in [1.82, 2.24) is 0 Å². The van der Waals surface area contributed by atoms with E-state index in [1.165, 1.54) is 97.1 Å². The molecule has 0 radical (unpaired) electrons. The summed E-state index contributed by atoms with van der Waals surface area (Å²) in [4.78, 5) is 0. The summed E-state index contributed by atoms with van der Waals surface area (Å²) in [6, 6.07) is 31.0. The summed E-state index contributed by atoms with van der Waals surface area (Å²) in [6.45, 7) is 7.49. The summed E-state index contributed by atoms with van der Waals surface area (Å²) in [5.74, 6) is -3.88. The minimum atomic E-state index is -5.04. The number of phosphoric ester groups is 4. The van der Waals surface area contributed by atoms with Gasteiger partial charge in [-0.15, -0.1) is 0 Å². The zero-order valence-electron chi connectivity index (χ0n) is 43.2. The van der Waals surface area contributed by atoms with Crippen molar-refractivity contribution in [3.63, 3.8) is 0 Å². The van der Waals surface area contributed by atoms with E-state index in [-0.39, 0.29) is 86.9 Å². The Labute approximate surface area is 533 Å². The van der Waals surface area contributed by atoms with Gasteiger partial charge in [0.25, 0.3) is 0 Å². The van der Waals surface area contributed by atoms with E-state index in [9.17, 15) is 0 Å². The van der Waals surface area contributed by atoms with Crippen LogP contribution >= 0.6 is 141 Å². The first kappa shape index (κ1) is 58.4. The molecule has 16 nitrogen and oxygen atoms in total. The van der Waals surface area contributed by atoms with E-state index in [0.29, 0.717) is 64.6 Å². The maximum absolute atomic E-state index is 15.9. The first-order chi connectivity index (χ1) is 39.9. The molecule has 4 aliphatic heterocycles. The second-order valence-corrected chi connectivity index (χ2v) is 30.4. The summed E-state index contributed by atoms with van der Waals surface area (Å²) >= 11 is 40.3. The zero-order valence-corrected chi connectivity index (χ0v) is 56.1. The lowest BCUT2D eigenvalue weighted by Crippen LogP contribution is -2.21. The van der Waals surface area contributed by atoms with Gasteiger partial charge < -0.3 is 54.3 Å². The van der Waals surface area contributed by atoms with Gasteiger partial charge >= 0.3 is 31.3 Å². The van der Waals surface area contributed by atoms with Crippen LogP contribution in [0.2, 0.25) is 20.1 Å². The molecule has 8 bridgehead atoms. The van der Waals surface area contributed by atoms with Gasteiger partial charge in [0, 0.05) is 88.3 Å². The normalized spacial score (nSPS) is 24.6. The molecule has 5 aliphatic rings. The van der Waals surface area contributed by atoms with Crippen LogP contribution in [0.25, 0.3) is 0 Å².